The van der Waals surface area contributed by atoms with E-state index < -0.39 is 5.97 Å². The van der Waals surface area contributed by atoms with Crippen molar-refractivity contribution in [1.29, 1.82) is 0 Å². The molecule has 2 aromatic carbocycles. The summed E-state index contributed by atoms with van der Waals surface area (Å²) in [5, 5.41) is 12.8. The van der Waals surface area contributed by atoms with Crippen LogP contribution in [-0.2, 0) is 11.2 Å². The van der Waals surface area contributed by atoms with E-state index in [-0.39, 0.29) is 23.1 Å². The van der Waals surface area contributed by atoms with Crippen LogP contribution in [0.4, 0.5) is 5.69 Å². The Hall–Kier alpha value is -2.04. The fraction of sp³-hybridized carbons (Fsp3) is 0.176. The highest BCUT2D eigenvalue weighted by Crippen LogP contribution is 2.22. The number of nitrogens with one attached hydrogen (secondary N) is 1. The zero-order valence-electron chi connectivity index (χ0n) is 12.3. The zero-order chi connectivity index (χ0) is 17.0. The van der Waals surface area contributed by atoms with E-state index in [4.69, 9.17) is 28.3 Å². The maximum absolute atomic E-state index is 12.3. The number of carboxylic acid groups (broad SMARTS) is 1. The Morgan fingerprint density at radius 1 is 1.09 bits per heavy atom. The molecular weight excluding hydrogens is 337 g/mol. The van der Waals surface area contributed by atoms with Gasteiger partial charge in [0, 0.05) is 16.0 Å². The summed E-state index contributed by atoms with van der Waals surface area (Å²) in [4.78, 5) is 23.5. The number of rotatable bonds is 5. The molecule has 0 saturated carbocycles. The molecule has 0 heterocycles. The molecule has 1 unspecified atom stereocenters. The van der Waals surface area contributed by atoms with Gasteiger partial charge in [0.25, 0.3) is 0 Å². The summed E-state index contributed by atoms with van der Waals surface area (Å²) < 4.78 is 0. The van der Waals surface area contributed by atoms with Gasteiger partial charge in [-0.2, -0.15) is 0 Å². The van der Waals surface area contributed by atoms with Crippen molar-refractivity contribution in [3.8, 4) is 0 Å². The average molecular weight is 352 g/mol. The molecule has 0 bridgehead atoms. The smallest absolute Gasteiger partial charge is 0.337 e. The molecule has 0 radical (unpaired) electrons. The number of carboxylic acids is 1. The van der Waals surface area contributed by atoms with Crippen LogP contribution in [0.25, 0.3) is 0 Å². The summed E-state index contributed by atoms with van der Waals surface area (Å²) in [5.74, 6) is -1.73. The minimum absolute atomic E-state index is 0.00134. The van der Waals surface area contributed by atoms with Crippen LogP contribution in [0.5, 0.6) is 0 Å². The lowest BCUT2D eigenvalue weighted by atomic mass is 10.00. The first kappa shape index (κ1) is 17.3. The highest BCUT2D eigenvalue weighted by atomic mass is 35.5. The van der Waals surface area contributed by atoms with Gasteiger partial charge in [0.15, 0.2) is 0 Å². The summed E-state index contributed by atoms with van der Waals surface area (Å²) in [6.45, 7) is 1.77. The van der Waals surface area contributed by atoms with Crippen LogP contribution in [0.2, 0.25) is 10.0 Å². The van der Waals surface area contributed by atoms with E-state index in [9.17, 15) is 9.59 Å². The third-order valence-electron chi connectivity index (χ3n) is 3.37. The Kier molecular flexibility index (Phi) is 5.64. The number of aromatic carboxylic acids is 1. The molecule has 23 heavy (non-hydrogen) atoms. The molecule has 0 aliphatic carbocycles. The molecule has 0 aliphatic rings. The zero-order valence-corrected chi connectivity index (χ0v) is 13.9. The summed E-state index contributed by atoms with van der Waals surface area (Å²) in [7, 11) is 0. The molecule has 2 N–H and O–H groups in total. The molecule has 120 valence electrons. The van der Waals surface area contributed by atoms with Crippen LogP contribution in [0.1, 0.15) is 22.8 Å². The monoisotopic (exact) mass is 351 g/mol. The van der Waals surface area contributed by atoms with Crippen molar-refractivity contribution in [2.45, 2.75) is 13.3 Å². The van der Waals surface area contributed by atoms with Crippen LogP contribution < -0.4 is 5.32 Å². The van der Waals surface area contributed by atoms with E-state index in [0.717, 1.165) is 5.56 Å². The Labute approximate surface area is 144 Å². The van der Waals surface area contributed by atoms with Gasteiger partial charge < -0.3 is 10.4 Å². The van der Waals surface area contributed by atoms with Gasteiger partial charge in [-0.05, 0) is 42.3 Å². The highest BCUT2D eigenvalue weighted by Gasteiger charge is 2.17. The summed E-state index contributed by atoms with van der Waals surface area (Å²) in [6, 6.07) is 11.5. The summed E-state index contributed by atoms with van der Waals surface area (Å²) in [5.41, 5.74) is 1.17. The maximum Gasteiger partial charge on any atom is 0.337 e. The van der Waals surface area contributed by atoms with Gasteiger partial charge in [-0.3, -0.25) is 4.79 Å². The van der Waals surface area contributed by atoms with Gasteiger partial charge >= 0.3 is 5.97 Å². The normalized spacial score (nSPS) is 11.8. The van der Waals surface area contributed by atoms with Crippen molar-refractivity contribution in [3.63, 3.8) is 0 Å². The standard InChI is InChI=1S/C17H15Cl2NO3/c1-10(8-11-2-4-12(18)5-3-11)16(21)20-15-9-13(19)6-7-14(15)17(22)23/h2-7,9-10H,8H2,1H3,(H,20,21)(H,22,23). The van der Waals surface area contributed by atoms with Crippen molar-refractivity contribution in [2.75, 3.05) is 5.32 Å². The first-order valence-electron chi connectivity index (χ1n) is 6.95. The van der Waals surface area contributed by atoms with Gasteiger partial charge in [0.2, 0.25) is 5.91 Å². The van der Waals surface area contributed by atoms with Crippen molar-refractivity contribution in [3.05, 3.63) is 63.6 Å². The maximum atomic E-state index is 12.3. The molecule has 6 heteroatoms. The third kappa shape index (κ3) is 4.71. The molecule has 4 nitrogen and oxygen atoms in total. The predicted molar refractivity (Wildman–Crippen MR) is 91.4 cm³/mol. The second kappa shape index (κ2) is 7.49. The predicted octanol–water partition coefficient (Wildman–Crippen LogP) is 4.51. The van der Waals surface area contributed by atoms with E-state index in [2.05, 4.69) is 5.32 Å². The van der Waals surface area contributed by atoms with E-state index in [0.29, 0.717) is 16.5 Å². The fourth-order valence-electron chi connectivity index (χ4n) is 2.13. The summed E-state index contributed by atoms with van der Waals surface area (Å²) >= 11 is 11.7. The Balaban J connectivity index is 2.10. The number of benzene rings is 2. The molecule has 0 fully saturated rings. The van der Waals surface area contributed by atoms with Crippen molar-refractivity contribution in [1.82, 2.24) is 0 Å². The van der Waals surface area contributed by atoms with Crippen molar-refractivity contribution in [2.24, 2.45) is 5.92 Å². The molecule has 0 aromatic heterocycles. The Morgan fingerprint density at radius 2 is 1.70 bits per heavy atom. The molecule has 0 spiro atoms. The topological polar surface area (TPSA) is 66.4 Å². The molecule has 0 saturated heterocycles. The van der Waals surface area contributed by atoms with Crippen LogP contribution >= 0.6 is 23.2 Å². The Morgan fingerprint density at radius 3 is 2.30 bits per heavy atom. The number of carbonyl (C=O) groups excluding carboxylic acids is 1. The number of anilines is 1. The highest BCUT2D eigenvalue weighted by molar-refractivity contribution is 6.31. The molecule has 2 rings (SSSR count). The van der Waals surface area contributed by atoms with Crippen LogP contribution in [0.3, 0.4) is 0 Å². The van der Waals surface area contributed by atoms with Gasteiger partial charge in [-0.25, -0.2) is 4.79 Å². The number of hydrogen-bond acceptors (Lipinski definition) is 2. The second-order valence-electron chi connectivity index (χ2n) is 5.22. The largest absolute Gasteiger partial charge is 0.478 e. The van der Waals surface area contributed by atoms with Crippen LogP contribution in [0, 0.1) is 5.92 Å². The lowest BCUT2D eigenvalue weighted by Gasteiger charge is -2.14. The molecule has 1 amide bonds. The van der Waals surface area contributed by atoms with Gasteiger partial charge in [-0.1, -0.05) is 42.3 Å². The molecule has 2 aromatic rings. The van der Waals surface area contributed by atoms with Gasteiger partial charge in [0.05, 0.1) is 11.3 Å². The van der Waals surface area contributed by atoms with E-state index >= 15 is 0 Å². The number of halogens is 2. The van der Waals surface area contributed by atoms with E-state index in [1.165, 1.54) is 18.2 Å². The van der Waals surface area contributed by atoms with E-state index in [1.54, 1.807) is 19.1 Å². The minimum Gasteiger partial charge on any atom is -0.478 e. The lowest BCUT2D eigenvalue weighted by molar-refractivity contribution is -0.119. The number of amides is 1. The number of hydrogen-bond donors (Lipinski definition) is 2. The van der Waals surface area contributed by atoms with Crippen molar-refractivity contribution >= 4 is 40.8 Å². The van der Waals surface area contributed by atoms with Gasteiger partial charge in [-0.15, -0.1) is 0 Å². The van der Waals surface area contributed by atoms with Crippen LogP contribution in [-0.4, -0.2) is 17.0 Å². The van der Waals surface area contributed by atoms with E-state index in [1.807, 2.05) is 12.1 Å². The SMILES string of the molecule is CC(Cc1ccc(Cl)cc1)C(=O)Nc1cc(Cl)ccc1C(=O)O. The van der Waals surface area contributed by atoms with Gasteiger partial charge in [0.1, 0.15) is 0 Å². The first-order chi connectivity index (χ1) is 10.9. The Bertz CT molecular complexity index is 729. The molecular formula is C17H15Cl2NO3. The quantitative estimate of drug-likeness (QED) is 0.832. The molecule has 1 atom stereocenters. The third-order valence-corrected chi connectivity index (χ3v) is 3.86. The first-order valence-corrected chi connectivity index (χ1v) is 7.70. The fourth-order valence-corrected chi connectivity index (χ4v) is 2.43. The lowest BCUT2D eigenvalue weighted by Crippen LogP contribution is -2.23. The minimum atomic E-state index is -1.12. The summed E-state index contributed by atoms with van der Waals surface area (Å²) in [6.07, 6.45) is 0.520. The van der Waals surface area contributed by atoms with Crippen LogP contribution in [0.15, 0.2) is 42.5 Å². The molecule has 0 aliphatic heterocycles. The van der Waals surface area contributed by atoms with Crippen molar-refractivity contribution < 1.29 is 14.7 Å². The average Bonchev–Trinajstić information content (AvgIpc) is 2.49. The number of carbonyl (C=O) groups is 2. The second-order valence-corrected chi connectivity index (χ2v) is 6.09.